The molecule has 130 valence electrons. The Labute approximate surface area is 147 Å². The van der Waals surface area contributed by atoms with E-state index in [1.54, 1.807) is 11.9 Å². The van der Waals surface area contributed by atoms with Crippen LogP contribution in [0.25, 0.3) is 0 Å². The average Bonchev–Trinajstić information content (AvgIpc) is 3.11. The van der Waals surface area contributed by atoms with Crippen molar-refractivity contribution >= 4 is 5.91 Å². The molecule has 0 radical (unpaired) electrons. The van der Waals surface area contributed by atoms with Gasteiger partial charge in [0, 0.05) is 12.7 Å². The van der Waals surface area contributed by atoms with Gasteiger partial charge < -0.3 is 9.32 Å². The van der Waals surface area contributed by atoms with E-state index in [1.807, 2.05) is 55.8 Å². The number of hydrogen-bond acceptors (Lipinski definition) is 3. The summed E-state index contributed by atoms with van der Waals surface area (Å²) in [6.07, 6.45) is 0. The number of nitrogens with zero attached hydrogens (tertiary/aromatic N) is 3. The van der Waals surface area contributed by atoms with Crippen LogP contribution in [0.2, 0.25) is 0 Å². The summed E-state index contributed by atoms with van der Waals surface area (Å²) in [5.41, 5.74) is 3.46. The number of furan rings is 1. The highest BCUT2D eigenvalue weighted by atomic mass is 16.3. The van der Waals surface area contributed by atoms with Gasteiger partial charge in [0.05, 0.1) is 24.3 Å². The minimum atomic E-state index is -0.0386. The van der Waals surface area contributed by atoms with Gasteiger partial charge in [-0.15, -0.1) is 0 Å². The van der Waals surface area contributed by atoms with Crippen molar-refractivity contribution in [3.8, 4) is 0 Å². The first-order chi connectivity index (χ1) is 12.0. The van der Waals surface area contributed by atoms with E-state index in [1.165, 1.54) is 0 Å². The van der Waals surface area contributed by atoms with Crippen LogP contribution < -0.4 is 0 Å². The van der Waals surface area contributed by atoms with Crippen molar-refractivity contribution in [1.29, 1.82) is 0 Å². The lowest BCUT2D eigenvalue weighted by atomic mass is 10.1. The predicted molar refractivity (Wildman–Crippen MR) is 96.5 cm³/mol. The molecule has 5 nitrogen and oxygen atoms in total. The number of aromatic nitrogens is 2. The first-order valence-corrected chi connectivity index (χ1v) is 8.34. The lowest BCUT2D eigenvalue weighted by Crippen LogP contribution is -2.27. The fourth-order valence-electron chi connectivity index (χ4n) is 2.98. The molecular formula is C20H23N3O2. The fraction of sp³-hybridized carbons (Fsp3) is 0.300. The lowest BCUT2D eigenvalue weighted by molar-refractivity contribution is 0.0773. The summed E-state index contributed by atoms with van der Waals surface area (Å²) in [5, 5.41) is 4.57. The van der Waals surface area contributed by atoms with Crippen molar-refractivity contribution in [3.05, 3.63) is 76.5 Å². The zero-order valence-electron chi connectivity index (χ0n) is 15.1. The second kappa shape index (κ2) is 6.97. The Bertz CT molecular complexity index is 878. The quantitative estimate of drug-likeness (QED) is 0.713. The molecule has 0 aliphatic heterocycles. The van der Waals surface area contributed by atoms with Gasteiger partial charge in [0.1, 0.15) is 11.5 Å². The van der Waals surface area contributed by atoms with E-state index in [0.29, 0.717) is 18.7 Å². The monoisotopic (exact) mass is 337 g/mol. The molecule has 25 heavy (non-hydrogen) atoms. The number of benzene rings is 1. The Morgan fingerprint density at radius 2 is 1.84 bits per heavy atom. The van der Waals surface area contributed by atoms with Crippen LogP contribution in [0.15, 0.2) is 46.9 Å². The van der Waals surface area contributed by atoms with Gasteiger partial charge in [-0.1, -0.05) is 30.3 Å². The summed E-state index contributed by atoms with van der Waals surface area (Å²) < 4.78 is 7.46. The van der Waals surface area contributed by atoms with Crippen LogP contribution in [0.5, 0.6) is 0 Å². The smallest absolute Gasteiger partial charge is 0.257 e. The minimum Gasteiger partial charge on any atom is -0.464 e. The number of rotatable bonds is 5. The van der Waals surface area contributed by atoms with Gasteiger partial charge in [-0.2, -0.15) is 5.10 Å². The molecular weight excluding hydrogens is 314 g/mol. The van der Waals surface area contributed by atoms with Crippen LogP contribution in [-0.4, -0.2) is 27.6 Å². The predicted octanol–water partition coefficient (Wildman–Crippen LogP) is 3.72. The highest BCUT2D eigenvalue weighted by molar-refractivity contribution is 5.96. The summed E-state index contributed by atoms with van der Waals surface area (Å²) in [6, 6.07) is 13.9. The van der Waals surface area contributed by atoms with E-state index >= 15 is 0 Å². The van der Waals surface area contributed by atoms with Crippen LogP contribution in [0, 0.1) is 20.8 Å². The lowest BCUT2D eigenvalue weighted by Gasteiger charge is -2.16. The molecule has 0 saturated carbocycles. The number of carbonyl (C=O) groups excluding carboxylic acids is 1. The minimum absolute atomic E-state index is 0.0386. The molecule has 0 fully saturated rings. The summed E-state index contributed by atoms with van der Waals surface area (Å²) in [7, 11) is 1.79. The molecule has 0 N–H and O–H groups in total. The van der Waals surface area contributed by atoms with Gasteiger partial charge in [0.2, 0.25) is 0 Å². The van der Waals surface area contributed by atoms with E-state index in [2.05, 4.69) is 17.2 Å². The van der Waals surface area contributed by atoms with Crippen molar-refractivity contribution in [2.75, 3.05) is 7.05 Å². The Morgan fingerprint density at radius 3 is 2.48 bits per heavy atom. The maximum Gasteiger partial charge on any atom is 0.257 e. The number of amides is 1. The first kappa shape index (κ1) is 17.0. The number of carbonyl (C=O) groups is 1. The van der Waals surface area contributed by atoms with Gasteiger partial charge in [0.15, 0.2) is 0 Å². The Balaban J connectivity index is 1.80. The molecule has 0 aliphatic rings. The van der Waals surface area contributed by atoms with Crippen molar-refractivity contribution in [1.82, 2.24) is 14.7 Å². The van der Waals surface area contributed by atoms with Crippen LogP contribution >= 0.6 is 0 Å². The summed E-state index contributed by atoms with van der Waals surface area (Å²) in [4.78, 5) is 14.6. The highest BCUT2D eigenvalue weighted by Crippen LogP contribution is 2.18. The second-order valence-electron chi connectivity index (χ2n) is 6.36. The van der Waals surface area contributed by atoms with Crippen molar-refractivity contribution in [2.45, 2.75) is 33.9 Å². The molecule has 2 aromatic heterocycles. The van der Waals surface area contributed by atoms with Crippen molar-refractivity contribution < 1.29 is 9.21 Å². The van der Waals surface area contributed by atoms with Gasteiger partial charge in [-0.25, -0.2) is 0 Å². The third-order valence-electron chi connectivity index (χ3n) is 4.31. The fourth-order valence-corrected chi connectivity index (χ4v) is 2.98. The van der Waals surface area contributed by atoms with E-state index in [9.17, 15) is 4.79 Å². The van der Waals surface area contributed by atoms with E-state index in [0.717, 1.165) is 28.5 Å². The van der Waals surface area contributed by atoms with Crippen LogP contribution in [0.3, 0.4) is 0 Å². The van der Waals surface area contributed by atoms with Crippen molar-refractivity contribution in [3.63, 3.8) is 0 Å². The highest BCUT2D eigenvalue weighted by Gasteiger charge is 2.22. The second-order valence-corrected chi connectivity index (χ2v) is 6.36. The molecule has 0 bridgehead atoms. The van der Waals surface area contributed by atoms with Gasteiger partial charge in [0.25, 0.3) is 5.91 Å². The summed E-state index contributed by atoms with van der Waals surface area (Å²) >= 11 is 0. The van der Waals surface area contributed by atoms with E-state index < -0.39 is 0 Å². The Hall–Kier alpha value is -2.82. The third kappa shape index (κ3) is 3.65. The molecule has 3 rings (SSSR count). The van der Waals surface area contributed by atoms with Crippen molar-refractivity contribution in [2.24, 2.45) is 0 Å². The molecule has 1 amide bonds. The zero-order chi connectivity index (χ0) is 18.0. The maximum absolute atomic E-state index is 12.9. The van der Waals surface area contributed by atoms with Crippen LogP contribution in [0.4, 0.5) is 0 Å². The third-order valence-corrected chi connectivity index (χ3v) is 4.31. The molecule has 0 spiro atoms. The molecule has 0 unspecified atom stereocenters. The Morgan fingerprint density at radius 1 is 1.12 bits per heavy atom. The van der Waals surface area contributed by atoms with Gasteiger partial charge in [-0.3, -0.25) is 9.48 Å². The number of aryl methyl sites for hydroxylation is 2. The van der Waals surface area contributed by atoms with Crippen LogP contribution in [0.1, 0.15) is 38.8 Å². The molecule has 2 heterocycles. The standard InChI is InChI=1S/C20H23N3O2/c1-14-10-11-18(25-14)13-22(4)20(24)19-15(2)21-23(16(19)3)12-17-8-6-5-7-9-17/h5-11H,12-13H2,1-4H3. The van der Waals surface area contributed by atoms with E-state index in [4.69, 9.17) is 4.42 Å². The van der Waals surface area contributed by atoms with Gasteiger partial charge in [-0.05, 0) is 38.5 Å². The molecule has 3 aromatic rings. The van der Waals surface area contributed by atoms with E-state index in [-0.39, 0.29) is 5.91 Å². The molecule has 0 aliphatic carbocycles. The topological polar surface area (TPSA) is 51.3 Å². The molecule has 1 aromatic carbocycles. The largest absolute Gasteiger partial charge is 0.464 e. The summed E-state index contributed by atoms with van der Waals surface area (Å²) in [6.45, 7) is 6.82. The number of hydrogen-bond donors (Lipinski definition) is 0. The molecule has 5 heteroatoms. The zero-order valence-corrected chi connectivity index (χ0v) is 15.1. The van der Waals surface area contributed by atoms with Crippen LogP contribution in [-0.2, 0) is 13.1 Å². The first-order valence-electron chi connectivity index (χ1n) is 8.34. The van der Waals surface area contributed by atoms with Gasteiger partial charge >= 0.3 is 0 Å². The average molecular weight is 337 g/mol. The Kier molecular flexibility index (Phi) is 4.74. The SMILES string of the molecule is Cc1ccc(CN(C)C(=O)c2c(C)nn(Cc3ccccc3)c2C)o1. The maximum atomic E-state index is 12.9. The molecule has 0 atom stereocenters. The normalized spacial score (nSPS) is 10.9. The molecule has 0 saturated heterocycles. The summed E-state index contributed by atoms with van der Waals surface area (Å²) in [5.74, 6) is 1.59.